The molecule has 0 amide bonds. The van der Waals surface area contributed by atoms with E-state index in [2.05, 4.69) is 22.5 Å². The van der Waals surface area contributed by atoms with Crippen molar-refractivity contribution in [3.05, 3.63) is 35.6 Å². The lowest BCUT2D eigenvalue weighted by atomic mass is 10.1. The van der Waals surface area contributed by atoms with E-state index in [-0.39, 0.29) is 35.9 Å². The van der Waals surface area contributed by atoms with Crippen molar-refractivity contribution in [1.29, 1.82) is 0 Å². The number of nitrogens with one attached hydrogen (secondary N) is 2. The van der Waals surface area contributed by atoms with Gasteiger partial charge in [-0.1, -0.05) is 19.1 Å². The first kappa shape index (κ1) is 18.2. The average molecular weight is 407 g/mol. The summed E-state index contributed by atoms with van der Waals surface area (Å²) in [6.45, 7) is 2.80. The molecule has 0 spiro atoms. The number of ether oxygens (including phenoxy) is 1. The second kappa shape index (κ2) is 8.53. The molecule has 0 bridgehead atoms. The van der Waals surface area contributed by atoms with E-state index in [1.807, 2.05) is 0 Å². The number of rotatable bonds is 5. The molecule has 6 heteroatoms. The molecule has 1 aliphatic rings. The van der Waals surface area contributed by atoms with Crippen molar-refractivity contribution in [2.24, 2.45) is 10.9 Å². The normalized spacial score (nSPS) is 22.2. The van der Waals surface area contributed by atoms with E-state index in [4.69, 9.17) is 4.74 Å². The summed E-state index contributed by atoms with van der Waals surface area (Å²) in [5, 5.41) is 6.60. The number of guanidine groups is 1. The zero-order valence-corrected chi connectivity index (χ0v) is 14.9. The molecule has 1 aromatic rings. The number of hydrogen-bond donors (Lipinski definition) is 2. The van der Waals surface area contributed by atoms with E-state index in [0.717, 1.165) is 11.5 Å². The van der Waals surface area contributed by atoms with Crippen LogP contribution < -0.4 is 10.6 Å². The molecule has 0 radical (unpaired) electrons. The van der Waals surface area contributed by atoms with Gasteiger partial charge >= 0.3 is 0 Å². The Kier molecular flexibility index (Phi) is 7.37. The molecule has 3 atom stereocenters. The summed E-state index contributed by atoms with van der Waals surface area (Å²) in [4.78, 5) is 4.20. The van der Waals surface area contributed by atoms with Gasteiger partial charge in [-0.15, -0.1) is 24.0 Å². The van der Waals surface area contributed by atoms with Crippen LogP contribution in [-0.2, 0) is 4.74 Å². The highest BCUT2D eigenvalue weighted by Crippen LogP contribution is 2.28. The van der Waals surface area contributed by atoms with Crippen LogP contribution in [0, 0.1) is 11.7 Å². The van der Waals surface area contributed by atoms with Crippen molar-refractivity contribution in [3.63, 3.8) is 0 Å². The highest BCUT2D eigenvalue weighted by Gasteiger charge is 2.33. The van der Waals surface area contributed by atoms with Gasteiger partial charge in [0.2, 0.25) is 0 Å². The molecule has 1 aromatic carbocycles. The predicted octanol–water partition coefficient (Wildman–Crippen LogP) is 2.70. The lowest BCUT2D eigenvalue weighted by Crippen LogP contribution is -2.41. The summed E-state index contributed by atoms with van der Waals surface area (Å²) in [5.41, 5.74) is 0.941. The first-order chi connectivity index (χ1) is 9.63. The summed E-state index contributed by atoms with van der Waals surface area (Å²) in [6, 6.07) is 6.89. The van der Waals surface area contributed by atoms with Crippen LogP contribution in [0.15, 0.2) is 29.3 Å². The van der Waals surface area contributed by atoms with Gasteiger partial charge in [-0.25, -0.2) is 4.39 Å². The molecule has 1 aliphatic carbocycles. The number of benzene rings is 1. The van der Waals surface area contributed by atoms with Crippen LogP contribution in [0.4, 0.5) is 4.39 Å². The van der Waals surface area contributed by atoms with Crippen LogP contribution in [0.3, 0.4) is 0 Å². The summed E-state index contributed by atoms with van der Waals surface area (Å²) < 4.78 is 18.4. The molecule has 21 heavy (non-hydrogen) atoms. The average Bonchev–Trinajstić information content (AvgIpc) is 3.15. The van der Waals surface area contributed by atoms with E-state index in [1.165, 1.54) is 18.6 Å². The standard InChI is InChI=1S/C15H22FN3O.HI/c1-10-8-13(10)19-15(17-2)18-9-14(20-3)11-4-6-12(16)7-5-11;/h4-7,10,13-14H,8-9H2,1-3H3,(H2,17,18,19);1H. The summed E-state index contributed by atoms with van der Waals surface area (Å²) in [7, 11) is 3.40. The topological polar surface area (TPSA) is 45.7 Å². The quantitative estimate of drug-likeness (QED) is 0.448. The molecule has 1 fully saturated rings. The lowest BCUT2D eigenvalue weighted by molar-refractivity contribution is 0.106. The SMILES string of the molecule is CN=C(NCC(OC)c1ccc(F)cc1)NC1CC1C.I. The van der Waals surface area contributed by atoms with Crippen LogP contribution in [-0.4, -0.2) is 32.7 Å². The largest absolute Gasteiger partial charge is 0.375 e. The van der Waals surface area contributed by atoms with Crippen molar-refractivity contribution in [1.82, 2.24) is 10.6 Å². The Bertz CT molecular complexity index is 466. The fourth-order valence-electron chi connectivity index (χ4n) is 2.10. The third-order valence-electron chi connectivity index (χ3n) is 3.64. The highest BCUT2D eigenvalue weighted by atomic mass is 127. The maximum Gasteiger partial charge on any atom is 0.191 e. The van der Waals surface area contributed by atoms with Crippen molar-refractivity contribution in [3.8, 4) is 0 Å². The fourth-order valence-corrected chi connectivity index (χ4v) is 2.10. The van der Waals surface area contributed by atoms with E-state index >= 15 is 0 Å². The van der Waals surface area contributed by atoms with E-state index in [1.54, 1.807) is 26.3 Å². The Morgan fingerprint density at radius 2 is 2.05 bits per heavy atom. The molecular formula is C15H23FIN3O. The van der Waals surface area contributed by atoms with Gasteiger partial charge in [-0.3, -0.25) is 4.99 Å². The van der Waals surface area contributed by atoms with Crippen LogP contribution in [0.1, 0.15) is 25.0 Å². The van der Waals surface area contributed by atoms with Crippen molar-refractivity contribution >= 4 is 29.9 Å². The maximum absolute atomic E-state index is 12.9. The van der Waals surface area contributed by atoms with E-state index < -0.39 is 0 Å². The van der Waals surface area contributed by atoms with Gasteiger partial charge in [0.15, 0.2) is 5.96 Å². The molecule has 0 aliphatic heterocycles. The number of halogens is 2. The number of methoxy groups -OCH3 is 1. The van der Waals surface area contributed by atoms with Gasteiger partial charge in [-0.05, 0) is 30.0 Å². The summed E-state index contributed by atoms with van der Waals surface area (Å²) >= 11 is 0. The van der Waals surface area contributed by atoms with Crippen molar-refractivity contribution in [2.45, 2.75) is 25.5 Å². The fraction of sp³-hybridized carbons (Fsp3) is 0.533. The van der Waals surface area contributed by atoms with Gasteiger partial charge < -0.3 is 15.4 Å². The Morgan fingerprint density at radius 1 is 1.43 bits per heavy atom. The van der Waals surface area contributed by atoms with Gasteiger partial charge in [0.05, 0.1) is 6.10 Å². The molecule has 0 heterocycles. The Hall–Kier alpha value is -0.890. The lowest BCUT2D eigenvalue weighted by Gasteiger charge is -2.18. The monoisotopic (exact) mass is 407 g/mol. The van der Waals surface area contributed by atoms with Gasteiger partial charge in [0.1, 0.15) is 5.82 Å². The molecule has 0 saturated heterocycles. The second-order valence-corrected chi connectivity index (χ2v) is 5.19. The first-order valence-corrected chi connectivity index (χ1v) is 6.89. The van der Waals surface area contributed by atoms with Crippen molar-refractivity contribution < 1.29 is 9.13 Å². The second-order valence-electron chi connectivity index (χ2n) is 5.19. The highest BCUT2D eigenvalue weighted by molar-refractivity contribution is 14.0. The zero-order valence-electron chi connectivity index (χ0n) is 12.6. The van der Waals surface area contributed by atoms with E-state index in [0.29, 0.717) is 18.5 Å². The molecule has 2 rings (SSSR count). The Balaban J connectivity index is 0.00000220. The van der Waals surface area contributed by atoms with Crippen LogP contribution in [0.25, 0.3) is 0 Å². The molecule has 4 nitrogen and oxygen atoms in total. The van der Waals surface area contributed by atoms with Gasteiger partial charge in [0, 0.05) is 26.7 Å². The van der Waals surface area contributed by atoms with Crippen LogP contribution in [0.2, 0.25) is 0 Å². The predicted molar refractivity (Wildman–Crippen MR) is 93.6 cm³/mol. The maximum atomic E-state index is 12.9. The third kappa shape index (κ3) is 5.43. The summed E-state index contributed by atoms with van der Waals surface area (Å²) in [5.74, 6) is 1.25. The minimum Gasteiger partial charge on any atom is -0.375 e. The number of hydrogen-bond acceptors (Lipinski definition) is 2. The molecule has 3 unspecified atom stereocenters. The Morgan fingerprint density at radius 3 is 2.52 bits per heavy atom. The van der Waals surface area contributed by atoms with Crippen LogP contribution in [0.5, 0.6) is 0 Å². The Labute approximate surface area is 142 Å². The third-order valence-corrected chi connectivity index (χ3v) is 3.64. The number of aliphatic imine (C=N–C) groups is 1. The van der Waals surface area contributed by atoms with Crippen LogP contribution >= 0.6 is 24.0 Å². The zero-order chi connectivity index (χ0) is 14.5. The van der Waals surface area contributed by atoms with Crippen molar-refractivity contribution in [2.75, 3.05) is 20.7 Å². The van der Waals surface area contributed by atoms with Gasteiger partial charge in [0.25, 0.3) is 0 Å². The molecule has 0 aromatic heterocycles. The summed E-state index contributed by atoms with van der Waals surface area (Å²) in [6.07, 6.45) is 1.05. The minimum absolute atomic E-state index is 0. The molecular weight excluding hydrogens is 384 g/mol. The van der Waals surface area contributed by atoms with Gasteiger partial charge in [-0.2, -0.15) is 0 Å². The molecule has 2 N–H and O–H groups in total. The molecule has 118 valence electrons. The first-order valence-electron chi connectivity index (χ1n) is 6.89. The smallest absolute Gasteiger partial charge is 0.191 e. The number of nitrogens with zero attached hydrogens (tertiary/aromatic N) is 1. The minimum atomic E-state index is -0.239. The molecule has 1 saturated carbocycles. The van der Waals surface area contributed by atoms with E-state index in [9.17, 15) is 4.39 Å².